The van der Waals surface area contributed by atoms with Crippen LogP contribution in [0, 0.1) is 10.1 Å². The Kier molecular flexibility index (Phi) is 3.78. The molecule has 1 aromatic rings. The highest BCUT2D eigenvalue weighted by atomic mass is 16.6. The van der Waals surface area contributed by atoms with Crippen LogP contribution in [0.3, 0.4) is 0 Å². The Balaban J connectivity index is 1.95. The van der Waals surface area contributed by atoms with Crippen LogP contribution in [0.5, 0.6) is 5.75 Å². The van der Waals surface area contributed by atoms with Gasteiger partial charge in [0.25, 0.3) is 5.69 Å². The van der Waals surface area contributed by atoms with Crippen LogP contribution < -0.4 is 4.74 Å². The molecule has 1 fully saturated rings. The number of nitrogens with zero attached hydrogens (tertiary/aromatic N) is 1. The van der Waals surface area contributed by atoms with Crippen molar-refractivity contribution < 1.29 is 19.5 Å². The molecule has 0 aromatic heterocycles. The molecule has 2 rings (SSSR count). The fraction of sp³-hybridized carbons (Fsp3) is 0.500. The summed E-state index contributed by atoms with van der Waals surface area (Å²) in [6.07, 6.45) is -0.485. The summed E-state index contributed by atoms with van der Waals surface area (Å²) < 4.78 is 11.0. The number of benzene rings is 1. The summed E-state index contributed by atoms with van der Waals surface area (Å²) in [5.74, 6) is 0.544. The first-order valence-corrected chi connectivity index (χ1v) is 5.82. The molecule has 1 aliphatic carbocycles. The van der Waals surface area contributed by atoms with Crippen molar-refractivity contribution >= 4 is 5.69 Å². The molecule has 0 aliphatic heterocycles. The van der Waals surface area contributed by atoms with Gasteiger partial charge in [-0.3, -0.25) is 10.1 Å². The van der Waals surface area contributed by atoms with E-state index in [0.29, 0.717) is 18.8 Å². The minimum absolute atomic E-state index is 0.0253. The van der Waals surface area contributed by atoms with Gasteiger partial charge >= 0.3 is 0 Å². The topological polar surface area (TPSA) is 81.8 Å². The summed E-state index contributed by atoms with van der Waals surface area (Å²) in [4.78, 5) is 10.0. The van der Waals surface area contributed by atoms with Crippen LogP contribution in [0.15, 0.2) is 24.3 Å². The number of non-ortho nitro benzene ring substituents is 1. The zero-order valence-electron chi connectivity index (χ0n) is 9.98. The van der Waals surface area contributed by atoms with Gasteiger partial charge in [0.2, 0.25) is 0 Å². The Morgan fingerprint density at radius 3 is 2.61 bits per heavy atom. The lowest BCUT2D eigenvalue weighted by molar-refractivity contribution is -0.384. The first-order chi connectivity index (χ1) is 8.61. The highest BCUT2D eigenvalue weighted by Crippen LogP contribution is 2.29. The van der Waals surface area contributed by atoms with E-state index in [2.05, 4.69) is 0 Å². The molecule has 0 amide bonds. The van der Waals surface area contributed by atoms with Crippen LogP contribution in [-0.2, 0) is 4.74 Å². The van der Waals surface area contributed by atoms with Gasteiger partial charge in [0.05, 0.1) is 11.0 Å². The van der Waals surface area contributed by atoms with E-state index in [1.807, 2.05) is 6.92 Å². The van der Waals surface area contributed by atoms with E-state index in [9.17, 15) is 15.2 Å². The van der Waals surface area contributed by atoms with Crippen LogP contribution >= 0.6 is 0 Å². The van der Waals surface area contributed by atoms with E-state index < -0.39 is 11.0 Å². The van der Waals surface area contributed by atoms with Gasteiger partial charge in [0, 0.05) is 25.2 Å². The molecular formula is C12H15NO5. The maximum Gasteiger partial charge on any atom is 0.269 e. The molecule has 6 heteroatoms. The molecule has 1 aliphatic rings. The number of ether oxygens (including phenoxy) is 2. The number of nitro benzene ring substituents is 1. The number of rotatable bonds is 5. The van der Waals surface area contributed by atoms with Gasteiger partial charge in [0.15, 0.2) is 0 Å². The Morgan fingerprint density at radius 1 is 1.44 bits per heavy atom. The second-order valence-electron chi connectivity index (χ2n) is 4.13. The van der Waals surface area contributed by atoms with E-state index in [0.717, 1.165) is 0 Å². The number of aliphatic hydroxyl groups is 1. The largest absolute Gasteiger partial charge is 0.488 e. The van der Waals surface area contributed by atoms with Crippen LogP contribution in [0.2, 0.25) is 0 Å². The fourth-order valence-corrected chi connectivity index (χ4v) is 1.91. The zero-order chi connectivity index (χ0) is 13.1. The second kappa shape index (κ2) is 5.32. The molecule has 0 heterocycles. The van der Waals surface area contributed by atoms with Crippen molar-refractivity contribution in [1.82, 2.24) is 0 Å². The Bertz CT molecular complexity index is 419. The van der Waals surface area contributed by atoms with Crippen molar-refractivity contribution in [3.8, 4) is 5.75 Å². The van der Waals surface area contributed by atoms with Crippen molar-refractivity contribution in [3.05, 3.63) is 34.4 Å². The lowest BCUT2D eigenvalue weighted by atomic mass is 9.88. The van der Waals surface area contributed by atoms with E-state index >= 15 is 0 Å². The maximum absolute atomic E-state index is 10.5. The van der Waals surface area contributed by atoms with Crippen molar-refractivity contribution in [2.75, 3.05) is 6.61 Å². The highest BCUT2D eigenvalue weighted by Gasteiger charge is 2.42. The predicted octanol–water partition coefficient (Wildman–Crippen LogP) is 1.51. The first kappa shape index (κ1) is 12.8. The summed E-state index contributed by atoms with van der Waals surface area (Å²) in [7, 11) is 0. The van der Waals surface area contributed by atoms with Crippen molar-refractivity contribution in [1.29, 1.82) is 0 Å². The molecule has 1 N–H and O–H groups in total. The maximum atomic E-state index is 10.5. The summed E-state index contributed by atoms with van der Waals surface area (Å²) in [6, 6.07) is 5.87. The number of nitro groups is 1. The van der Waals surface area contributed by atoms with Crippen LogP contribution in [0.1, 0.15) is 13.3 Å². The van der Waals surface area contributed by atoms with Crippen molar-refractivity contribution in [2.45, 2.75) is 31.7 Å². The summed E-state index contributed by atoms with van der Waals surface area (Å²) in [5, 5.41) is 20.0. The molecule has 98 valence electrons. The van der Waals surface area contributed by atoms with Gasteiger partial charge in [-0.05, 0) is 19.1 Å². The number of hydrogen-bond acceptors (Lipinski definition) is 5. The fourth-order valence-electron chi connectivity index (χ4n) is 1.91. The molecule has 6 nitrogen and oxygen atoms in total. The molecule has 1 aromatic carbocycles. The summed E-state index contributed by atoms with van der Waals surface area (Å²) in [6.45, 7) is 2.37. The average Bonchev–Trinajstić information content (AvgIpc) is 2.36. The van der Waals surface area contributed by atoms with Crippen molar-refractivity contribution in [3.63, 3.8) is 0 Å². The summed E-state index contributed by atoms with van der Waals surface area (Å²) in [5.41, 5.74) is 0.0253. The lowest BCUT2D eigenvalue weighted by Gasteiger charge is -2.40. The predicted molar refractivity (Wildman–Crippen MR) is 63.6 cm³/mol. The van der Waals surface area contributed by atoms with E-state index in [1.165, 1.54) is 12.1 Å². The van der Waals surface area contributed by atoms with Crippen molar-refractivity contribution in [2.24, 2.45) is 0 Å². The highest BCUT2D eigenvalue weighted by molar-refractivity contribution is 5.36. The van der Waals surface area contributed by atoms with Crippen LogP contribution in [0.4, 0.5) is 5.69 Å². The smallest absolute Gasteiger partial charge is 0.269 e. The third-order valence-electron chi connectivity index (χ3n) is 2.91. The molecule has 3 atom stereocenters. The normalized spacial score (nSPS) is 26.4. The molecule has 0 radical (unpaired) electrons. The SMILES string of the molecule is CCOC1C(O)CC1Oc1ccc([N+](=O)[O-])cc1. The molecule has 3 unspecified atom stereocenters. The van der Waals surface area contributed by atoms with E-state index in [1.54, 1.807) is 12.1 Å². The van der Waals surface area contributed by atoms with Gasteiger partial charge in [-0.2, -0.15) is 0 Å². The van der Waals surface area contributed by atoms with Gasteiger partial charge < -0.3 is 14.6 Å². The Hall–Kier alpha value is -1.66. The second-order valence-corrected chi connectivity index (χ2v) is 4.13. The Morgan fingerprint density at radius 2 is 2.11 bits per heavy atom. The quantitative estimate of drug-likeness (QED) is 0.635. The average molecular weight is 253 g/mol. The minimum atomic E-state index is -0.493. The Labute approximate surface area is 104 Å². The van der Waals surface area contributed by atoms with Gasteiger partial charge in [0.1, 0.15) is 18.0 Å². The van der Waals surface area contributed by atoms with Gasteiger partial charge in [-0.1, -0.05) is 0 Å². The molecule has 1 saturated carbocycles. The third kappa shape index (κ3) is 2.60. The molecule has 18 heavy (non-hydrogen) atoms. The molecule has 0 saturated heterocycles. The van der Waals surface area contributed by atoms with Gasteiger partial charge in [-0.25, -0.2) is 0 Å². The first-order valence-electron chi connectivity index (χ1n) is 5.82. The van der Waals surface area contributed by atoms with E-state index in [4.69, 9.17) is 9.47 Å². The van der Waals surface area contributed by atoms with Crippen LogP contribution in [0.25, 0.3) is 0 Å². The standard InChI is InChI=1S/C12H15NO5/c1-2-17-12-10(14)7-11(12)18-9-5-3-8(4-6-9)13(15)16/h3-6,10-12,14H,2,7H2,1H3. The number of hydrogen-bond donors (Lipinski definition) is 1. The number of aliphatic hydroxyl groups excluding tert-OH is 1. The van der Waals surface area contributed by atoms with Gasteiger partial charge in [-0.15, -0.1) is 0 Å². The third-order valence-corrected chi connectivity index (χ3v) is 2.91. The summed E-state index contributed by atoms with van der Waals surface area (Å²) >= 11 is 0. The molecule has 0 spiro atoms. The monoisotopic (exact) mass is 253 g/mol. The van der Waals surface area contributed by atoms with Crippen LogP contribution in [-0.4, -0.2) is 34.9 Å². The lowest BCUT2D eigenvalue weighted by Crippen LogP contribution is -2.55. The zero-order valence-corrected chi connectivity index (χ0v) is 9.98. The molecule has 0 bridgehead atoms. The minimum Gasteiger partial charge on any atom is -0.488 e. The van der Waals surface area contributed by atoms with E-state index in [-0.39, 0.29) is 17.9 Å². The molecular weight excluding hydrogens is 238 g/mol.